The highest BCUT2D eigenvalue weighted by Gasteiger charge is 1.95. The van der Waals surface area contributed by atoms with Gasteiger partial charge in [0, 0.05) is 12.3 Å². The maximum atomic E-state index is 8.46. The Morgan fingerprint density at radius 3 is 2.41 bits per heavy atom. The molecule has 1 rings (SSSR count). The van der Waals surface area contributed by atoms with Gasteiger partial charge in [-0.15, -0.1) is 0 Å². The summed E-state index contributed by atoms with van der Waals surface area (Å²) in [6.07, 6.45) is 1.76. The lowest BCUT2D eigenvalue weighted by Gasteiger charge is -2.06. The van der Waals surface area contributed by atoms with E-state index >= 15 is 0 Å². The number of aromatic nitrogens is 1. The molecular weight excluding hydrogens is 222 g/mol. The highest BCUT2D eigenvalue weighted by Crippen LogP contribution is 2.05. The van der Waals surface area contributed by atoms with Crippen LogP contribution in [0.5, 0.6) is 5.88 Å². The molecule has 1 heterocycles. The van der Waals surface area contributed by atoms with E-state index in [1.165, 1.54) is 0 Å². The van der Waals surface area contributed by atoms with Crippen LogP contribution in [0.4, 0.5) is 0 Å². The van der Waals surface area contributed by atoms with Crippen LogP contribution in [0.2, 0.25) is 0 Å². The van der Waals surface area contributed by atoms with Crippen molar-refractivity contribution < 1.29 is 19.3 Å². The van der Waals surface area contributed by atoms with E-state index in [-0.39, 0.29) is 6.61 Å². The molecule has 0 bridgehead atoms. The first kappa shape index (κ1) is 13.9. The number of aliphatic hydroxyl groups is 1. The van der Waals surface area contributed by atoms with Crippen molar-refractivity contribution in [1.82, 2.24) is 4.98 Å². The van der Waals surface area contributed by atoms with Gasteiger partial charge in [-0.25, -0.2) is 4.98 Å². The van der Waals surface area contributed by atoms with E-state index in [1.54, 1.807) is 6.20 Å². The number of aryl methyl sites for hydroxylation is 1. The Labute approximate surface area is 101 Å². The zero-order chi connectivity index (χ0) is 12.3. The minimum Gasteiger partial charge on any atom is -0.475 e. The molecule has 0 aromatic carbocycles. The van der Waals surface area contributed by atoms with E-state index in [0.29, 0.717) is 38.9 Å². The second-order valence-corrected chi connectivity index (χ2v) is 3.47. The Kier molecular flexibility index (Phi) is 7.29. The summed E-state index contributed by atoms with van der Waals surface area (Å²) in [5.41, 5.74) is 1.11. The Bertz CT molecular complexity index is 289. The summed E-state index contributed by atoms with van der Waals surface area (Å²) in [5, 5.41) is 8.46. The molecule has 5 nitrogen and oxygen atoms in total. The fourth-order valence-electron chi connectivity index (χ4n) is 1.13. The molecule has 0 fully saturated rings. The van der Waals surface area contributed by atoms with Crippen molar-refractivity contribution in [1.29, 1.82) is 0 Å². The van der Waals surface area contributed by atoms with Crippen LogP contribution in [0, 0.1) is 6.92 Å². The second kappa shape index (κ2) is 8.92. The number of ether oxygens (including phenoxy) is 3. The third-order valence-corrected chi connectivity index (χ3v) is 1.97. The van der Waals surface area contributed by atoms with Gasteiger partial charge in [-0.1, -0.05) is 6.07 Å². The van der Waals surface area contributed by atoms with Crippen molar-refractivity contribution in [2.24, 2.45) is 0 Å². The third-order valence-electron chi connectivity index (χ3n) is 1.97. The highest BCUT2D eigenvalue weighted by molar-refractivity contribution is 5.16. The van der Waals surface area contributed by atoms with Crippen molar-refractivity contribution in [2.45, 2.75) is 6.92 Å². The molecule has 1 N–H and O–H groups in total. The van der Waals surface area contributed by atoms with Gasteiger partial charge in [0.15, 0.2) is 0 Å². The predicted octanol–water partition coefficient (Wildman–Crippen LogP) is 0.794. The molecular formula is C12H19NO4. The molecule has 1 aromatic rings. The van der Waals surface area contributed by atoms with Gasteiger partial charge in [0.05, 0.1) is 33.0 Å². The molecule has 17 heavy (non-hydrogen) atoms. The van der Waals surface area contributed by atoms with Crippen LogP contribution in [0.3, 0.4) is 0 Å². The topological polar surface area (TPSA) is 60.8 Å². The van der Waals surface area contributed by atoms with Crippen LogP contribution < -0.4 is 4.74 Å². The van der Waals surface area contributed by atoms with Crippen molar-refractivity contribution in [3.63, 3.8) is 0 Å². The van der Waals surface area contributed by atoms with E-state index in [0.717, 1.165) is 5.56 Å². The molecule has 0 radical (unpaired) electrons. The van der Waals surface area contributed by atoms with Gasteiger partial charge in [-0.3, -0.25) is 0 Å². The third kappa shape index (κ3) is 6.88. The van der Waals surface area contributed by atoms with Crippen LogP contribution in [0.25, 0.3) is 0 Å². The largest absolute Gasteiger partial charge is 0.475 e. The highest BCUT2D eigenvalue weighted by atomic mass is 16.5. The Morgan fingerprint density at radius 2 is 1.76 bits per heavy atom. The summed E-state index contributed by atoms with van der Waals surface area (Å²) in [6, 6.07) is 3.78. The molecule has 0 unspecified atom stereocenters. The van der Waals surface area contributed by atoms with Gasteiger partial charge in [0.2, 0.25) is 5.88 Å². The Morgan fingerprint density at radius 1 is 1.06 bits per heavy atom. The number of pyridine rings is 1. The summed E-state index contributed by atoms with van der Waals surface area (Å²) < 4.78 is 15.7. The monoisotopic (exact) mass is 241 g/mol. The van der Waals surface area contributed by atoms with E-state index in [4.69, 9.17) is 19.3 Å². The minimum atomic E-state index is 0.0439. The maximum absolute atomic E-state index is 8.46. The van der Waals surface area contributed by atoms with Crippen molar-refractivity contribution in [2.75, 3.05) is 39.6 Å². The molecule has 0 atom stereocenters. The van der Waals surface area contributed by atoms with Crippen LogP contribution >= 0.6 is 0 Å². The molecule has 0 amide bonds. The van der Waals surface area contributed by atoms with Crippen LogP contribution in [0.15, 0.2) is 18.3 Å². The lowest BCUT2D eigenvalue weighted by atomic mass is 10.3. The molecule has 0 saturated heterocycles. The number of aliphatic hydroxyl groups excluding tert-OH is 1. The molecule has 5 heteroatoms. The van der Waals surface area contributed by atoms with Gasteiger partial charge in [0.25, 0.3) is 0 Å². The first-order chi connectivity index (χ1) is 8.33. The van der Waals surface area contributed by atoms with Gasteiger partial charge in [0.1, 0.15) is 6.61 Å². The molecule has 0 saturated carbocycles. The van der Waals surface area contributed by atoms with Crippen molar-refractivity contribution in [3.05, 3.63) is 23.9 Å². The first-order valence-corrected chi connectivity index (χ1v) is 5.64. The molecule has 96 valence electrons. The number of hydrogen-bond donors (Lipinski definition) is 1. The zero-order valence-corrected chi connectivity index (χ0v) is 10.1. The Hall–Kier alpha value is -1.17. The number of hydrogen-bond acceptors (Lipinski definition) is 5. The van der Waals surface area contributed by atoms with Crippen LogP contribution in [-0.2, 0) is 9.47 Å². The average molecular weight is 241 g/mol. The molecule has 0 aliphatic heterocycles. The average Bonchev–Trinajstić information content (AvgIpc) is 2.35. The number of rotatable bonds is 9. The molecule has 1 aromatic heterocycles. The van der Waals surface area contributed by atoms with Gasteiger partial charge >= 0.3 is 0 Å². The summed E-state index contributed by atoms with van der Waals surface area (Å²) in [4.78, 5) is 4.11. The van der Waals surface area contributed by atoms with Gasteiger partial charge in [-0.2, -0.15) is 0 Å². The van der Waals surface area contributed by atoms with E-state index in [2.05, 4.69) is 4.98 Å². The summed E-state index contributed by atoms with van der Waals surface area (Å²) in [7, 11) is 0. The SMILES string of the molecule is Cc1ccc(OCCOCCOCCO)nc1. The normalized spacial score (nSPS) is 10.5. The van der Waals surface area contributed by atoms with E-state index in [1.807, 2.05) is 19.1 Å². The fourth-order valence-corrected chi connectivity index (χ4v) is 1.13. The molecule has 0 aliphatic carbocycles. The fraction of sp³-hybridized carbons (Fsp3) is 0.583. The quantitative estimate of drug-likeness (QED) is 0.648. The number of nitrogens with zero attached hydrogens (tertiary/aromatic N) is 1. The van der Waals surface area contributed by atoms with E-state index < -0.39 is 0 Å². The van der Waals surface area contributed by atoms with Crippen molar-refractivity contribution >= 4 is 0 Å². The second-order valence-electron chi connectivity index (χ2n) is 3.47. The Balaban J connectivity index is 1.95. The van der Waals surface area contributed by atoms with Crippen molar-refractivity contribution in [3.8, 4) is 5.88 Å². The summed E-state index contributed by atoms with van der Waals surface area (Å²) in [5.74, 6) is 0.607. The maximum Gasteiger partial charge on any atom is 0.213 e. The van der Waals surface area contributed by atoms with Crippen LogP contribution in [-0.4, -0.2) is 49.7 Å². The summed E-state index contributed by atoms with van der Waals surface area (Å²) in [6.45, 7) is 4.34. The molecule has 0 spiro atoms. The lowest BCUT2D eigenvalue weighted by Crippen LogP contribution is -2.12. The smallest absolute Gasteiger partial charge is 0.213 e. The standard InChI is InChI=1S/C12H19NO4/c1-11-2-3-12(13-10-11)17-9-8-16-7-6-15-5-4-14/h2-3,10,14H,4-9H2,1H3. The van der Waals surface area contributed by atoms with Gasteiger partial charge < -0.3 is 19.3 Å². The first-order valence-electron chi connectivity index (χ1n) is 5.64. The summed E-state index contributed by atoms with van der Waals surface area (Å²) >= 11 is 0. The minimum absolute atomic E-state index is 0.0439. The predicted molar refractivity (Wildman–Crippen MR) is 63.2 cm³/mol. The van der Waals surface area contributed by atoms with E-state index in [9.17, 15) is 0 Å². The lowest BCUT2D eigenvalue weighted by molar-refractivity contribution is 0.0243. The molecule has 0 aliphatic rings. The van der Waals surface area contributed by atoms with Crippen LogP contribution in [0.1, 0.15) is 5.56 Å². The van der Waals surface area contributed by atoms with Gasteiger partial charge in [-0.05, 0) is 12.5 Å². The zero-order valence-electron chi connectivity index (χ0n) is 10.1.